The van der Waals surface area contributed by atoms with Gasteiger partial charge in [-0.25, -0.2) is 0 Å². The number of nitrogens with one attached hydrogen (secondary N) is 1. The Kier molecular flexibility index (Phi) is 3.50. The van der Waals surface area contributed by atoms with E-state index in [1.54, 1.807) is 0 Å². The molecule has 3 heteroatoms. The minimum absolute atomic E-state index is 0.510. The van der Waals surface area contributed by atoms with Crippen LogP contribution in [0.5, 0.6) is 0 Å². The second-order valence-corrected chi connectivity index (χ2v) is 5.69. The van der Waals surface area contributed by atoms with Gasteiger partial charge in [-0.3, -0.25) is 0 Å². The van der Waals surface area contributed by atoms with Crippen LogP contribution in [0.15, 0.2) is 24.3 Å². The highest BCUT2D eigenvalue weighted by Crippen LogP contribution is 2.30. The van der Waals surface area contributed by atoms with Crippen molar-refractivity contribution in [3.63, 3.8) is 0 Å². The fourth-order valence-electron chi connectivity index (χ4n) is 3.42. The molecule has 0 radical (unpaired) electrons. The van der Waals surface area contributed by atoms with Gasteiger partial charge >= 0.3 is 0 Å². The maximum atomic E-state index is 9.08. The highest BCUT2D eigenvalue weighted by atomic mass is 15.0. The summed E-state index contributed by atoms with van der Waals surface area (Å²) >= 11 is 0. The average Bonchev–Trinajstić information content (AvgIpc) is 3.12. The third-order valence-electron chi connectivity index (χ3n) is 4.55. The summed E-state index contributed by atoms with van der Waals surface area (Å²) in [6.45, 7) is 6.58. The highest BCUT2D eigenvalue weighted by Gasteiger charge is 2.25. The Morgan fingerprint density at radius 2 is 2.30 bits per heavy atom. The molecule has 1 aromatic heterocycles. The summed E-state index contributed by atoms with van der Waals surface area (Å²) in [4.78, 5) is 0. The third kappa shape index (κ3) is 2.10. The SMILES string of the molecule is CCn1c(C(C)C2CCCN2)cc2ccc(C#N)cc21. The van der Waals surface area contributed by atoms with Crippen LogP contribution in [-0.2, 0) is 6.54 Å². The first-order valence-corrected chi connectivity index (χ1v) is 7.51. The molecule has 1 aliphatic heterocycles. The first-order chi connectivity index (χ1) is 9.74. The topological polar surface area (TPSA) is 40.8 Å². The number of nitriles is 1. The second kappa shape index (κ2) is 5.30. The monoisotopic (exact) mass is 267 g/mol. The van der Waals surface area contributed by atoms with Gasteiger partial charge in [-0.2, -0.15) is 5.26 Å². The molecule has 1 saturated heterocycles. The first-order valence-electron chi connectivity index (χ1n) is 7.51. The third-order valence-corrected chi connectivity index (χ3v) is 4.55. The van der Waals surface area contributed by atoms with Gasteiger partial charge in [0.25, 0.3) is 0 Å². The molecule has 2 atom stereocenters. The normalized spacial score (nSPS) is 20.1. The van der Waals surface area contributed by atoms with E-state index in [1.165, 1.54) is 29.4 Å². The molecule has 3 rings (SSSR count). The molecule has 1 N–H and O–H groups in total. The maximum absolute atomic E-state index is 9.08. The van der Waals surface area contributed by atoms with Gasteiger partial charge in [0.15, 0.2) is 0 Å². The van der Waals surface area contributed by atoms with Crippen molar-refractivity contribution in [1.82, 2.24) is 9.88 Å². The van der Waals surface area contributed by atoms with Crippen molar-refractivity contribution in [3.8, 4) is 6.07 Å². The van der Waals surface area contributed by atoms with E-state index >= 15 is 0 Å². The summed E-state index contributed by atoms with van der Waals surface area (Å²) in [5.41, 5.74) is 3.31. The Labute approximate surface area is 120 Å². The van der Waals surface area contributed by atoms with Crippen molar-refractivity contribution in [2.24, 2.45) is 0 Å². The van der Waals surface area contributed by atoms with Gasteiger partial charge in [-0.1, -0.05) is 13.0 Å². The van der Waals surface area contributed by atoms with Crippen LogP contribution in [0.3, 0.4) is 0 Å². The van der Waals surface area contributed by atoms with E-state index < -0.39 is 0 Å². The number of rotatable bonds is 3. The number of aromatic nitrogens is 1. The van der Waals surface area contributed by atoms with Gasteiger partial charge in [-0.15, -0.1) is 0 Å². The molecule has 20 heavy (non-hydrogen) atoms. The van der Waals surface area contributed by atoms with Gasteiger partial charge in [0.2, 0.25) is 0 Å². The number of fused-ring (bicyclic) bond motifs is 1. The summed E-state index contributed by atoms with van der Waals surface area (Å²) in [6, 6.07) is 11.1. The molecule has 1 aromatic carbocycles. The fraction of sp³-hybridized carbons (Fsp3) is 0.471. The Hall–Kier alpha value is -1.79. The van der Waals surface area contributed by atoms with Crippen LogP contribution in [0.2, 0.25) is 0 Å². The van der Waals surface area contributed by atoms with Crippen molar-refractivity contribution >= 4 is 10.9 Å². The zero-order valence-electron chi connectivity index (χ0n) is 12.2. The standard InChI is InChI=1S/C17H21N3/c1-3-20-16(12(2)15-5-4-8-19-15)10-14-7-6-13(11-18)9-17(14)20/h6-7,9-10,12,15,19H,3-5,8H2,1-2H3. The van der Waals surface area contributed by atoms with Gasteiger partial charge < -0.3 is 9.88 Å². The molecule has 0 saturated carbocycles. The average molecular weight is 267 g/mol. The molecule has 0 aliphatic carbocycles. The number of hydrogen-bond donors (Lipinski definition) is 1. The van der Waals surface area contributed by atoms with Crippen LogP contribution >= 0.6 is 0 Å². The van der Waals surface area contributed by atoms with E-state index in [2.05, 4.69) is 41.9 Å². The molecule has 0 spiro atoms. The largest absolute Gasteiger partial charge is 0.345 e. The zero-order valence-corrected chi connectivity index (χ0v) is 12.2. The maximum Gasteiger partial charge on any atom is 0.0992 e. The van der Waals surface area contributed by atoms with Crippen molar-refractivity contribution in [1.29, 1.82) is 5.26 Å². The quantitative estimate of drug-likeness (QED) is 0.926. The van der Waals surface area contributed by atoms with Crippen molar-refractivity contribution in [2.45, 2.75) is 45.2 Å². The molecule has 104 valence electrons. The van der Waals surface area contributed by atoms with Gasteiger partial charge in [0.1, 0.15) is 0 Å². The smallest absolute Gasteiger partial charge is 0.0992 e. The minimum atomic E-state index is 0.510. The molecular formula is C17H21N3. The van der Waals surface area contributed by atoms with Crippen LogP contribution in [0.4, 0.5) is 0 Å². The first kappa shape index (κ1) is 13.2. The number of benzene rings is 1. The molecule has 1 aliphatic rings. The van der Waals surface area contributed by atoms with E-state index in [1.807, 2.05) is 12.1 Å². The zero-order chi connectivity index (χ0) is 14.1. The molecule has 1 fully saturated rings. The lowest BCUT2D eigenvalue weighted by Gasteiger charge is -2.21. The summed E-state index contributed by atoms with van der Waals surface area (Å²) in [7, 11) is 0. The summed E-state index contributed by atoms with van der Waals surface area (Å²) in [5.74, 6) is 0.510. The molecule has 3 nitrogen and oxygen atoms in total. The fourth-order valence-corrected chi connectivity index (χ4v) is 3.42. The van der Waals surface area contributed by atoms with Crippen molar-refractivity contribution in [3.05, 3.63) is 35.5 Å². The van der Waals surface area contributed by atoms with Gasteiger partial charge in [-0.05, 0) is 49.9 Å². The lowest BCUT2D eigenvalue weighted by atomic mass is 9.96. The van der Waals surface area contributed by atoms with E-state index in [0.29, 0.717) is 12.0 Å². The van der Waals surface area contributed by atoms with E-state index in [0.717, 1.165) is 18.7 Å². The van der Waals surface area contributed by atoms with Crippen LogP contribution in [-0.4, -0.2) is 17.2 Å². The van der Waals surface area contributed by atoms with Crippen LogP contribution < -0.4 is 5.32 Å². The summed E-state index contributed by atoms with van der Waals surface area (Å²) in [5, 5.41) is 13.9. The minimum Gasteiger partial charge on any atom is -0.345 e. The van der Waals surface area contributed by atoms with E-state index in [4.69, 9.17) is 5.26 Å². The predicted molar refractivity (Wildman–Crippen MR) is 81.8 cm³/mol. The molecule has 0 amide bonds. The van der Waals surface area contributed by atoms with E-state index in [-0.39, 0.29) is 0 Å². The number of aryl methyl sites for hydroxylation is 1. The highest BCUT2D eigenvalue weighted by molar-refractivity contribution is 5.83. The lowest BCUT2D eigenvalue weighted by molar-refractivity contribution is 0.493. The summed E-state index contributed by atoms with van der Waals surface area (Å²) in [6.07, 6.45) is 2.54. The Morgan fingerprint density at radius 1 is 1.45 bits per heavy atom. The number of hydrogen-bond acceptors (Lipinski definition) is 2. The number of nitrogens with zero attached hydrogens (tertiary/aromatic N) is 2. The molecule has 2 aromatic rings. The van der Waals surface area contributed by atoms with Gasteiger partial charge in [0, 0.05) is 29.7 Å². The molecular weight excluding hydrogens is 246 g/mol. The van der Waals surface area contributed by atoms with Crippen LogP contribution in [0.1, 0.15) is 43.9 Å². The Morgan fingerprint density at radius 3 is 2.95 bits per heavy atom. The molecule has 2 unspecified atom stereocenters. The molecule has 2 heterocycles. The lowest BCUT2D eigenvalue weighted by Crippen LogP contribution is -2.28. The van der Waals surface area contributed by atoms with Crippen molar-refractivity contribution < 1.29 is 0 Å². The second-order valence-electron chi connectivity index (χ2n) is 5.69. The molecule has 0 bridgehead atoms. The Balaban J connectivity index is 2.08. The van der Waals surface area contributed by atoms with Crippen molar-refractivity contribution in [2.75, 3.05) is 6.54 Å². The summed E-state index contributed by atoms with van der Waals surface area (Å²) < 4.78 is 2.36. The van der Waals surface area contributed by atoms with Gasteiger partial charge in [0.05, 0.1) is 11.6 Å². The van der Waals surface area contributed by atoms with Crippen LogP contribution in [0, 0.1) is 11.3 Å². The van der Waals surface area contributed by atoms with Crippen LogP contribution in [0.25, 0.3) is 10.9 Å². The van der Waals surface area contributed by atoms with E-state index in [9.17, 15) is 0 Å². The predicted octanol–water partition coefficient (Wildman–Crippen LogP) is 3.39. The Bertz CT molecular complexity index is 657.